The van der Waals surface area contributed by atoms with Crippen molar-refractivity contribution in [2.45, 2.75) is 64.5 Å². The molecule has 1 aliphatic rings. The normalized spacial score (nSPS) is 13.7. The molecule has 8 heteroatoms. The Bertz CT molecular complexity index is 1270. The van der Waals surface area contributed by atoms with E-state index in [0.717, 1.165) is 42.2 Å². The molecule has 2 aromatic carbocycles. The average molecular weight is 498 g/mol. The van der Waals surface area contributed by atoms with Crippen molar-refractivity contribution < 1.29 is 23.5 Å². The third-order valence-electron chi connectivity index (χ3n) is 6.12. The number of hydrogen-bond donors (Lipinski definition) is 1. The van der Waals surface area contributed by atoms with Crippen LogP contribution in [0.25, 0.3) is 11.0 Å². The van der Waals surface area contributed by atoms with E-state index < -0.39 is 18.1 Å². The number of benzene rings is 2. The lowest BCUT2D eigenvalue weighted by Crippen LogP contribution is -2.43. The lowest BCUT2D eigenvalue weighted by Gasteiger charge is -2.19. The smallest absolute Gasteiger partial charge is 0.408 e. The van der Waals surface area contributed by atoms with E-state index in [2.05, 4.69) is 5.32 Å². The Balaban J connectivity index is 1.49. The van der Waals surface area contributed by atoms with Crippen LogP contribution >= 0.6 is 11.6 Å². The minimum atomic E-state index is -0.916. The standard InChI is InChI=1S/C27H28ClNO6/c1-2-3-13-22(29-27(32)33-16-17-9-5-4-6-10-17)26(31)35-24-15-23-20(14-21(24)28)18-11-7-8-12-19(18)25(30)34-23/h4-6,9-10,14-15,22H,2-3,7-8,11-13,16H2,1H3,(H,29,32)/t22-/m1/s1. The molecule has 0 aliphatic heterocycles. The summed E-state index contributed by atoms with van der Waals surface area (Å²) in [4.78, 5) is 37.8. The molecule has 1 amide bonds. The molecule has 1 atom stereocenters. The number of halogens is 1. The summed E-state index contributed by atoms with van der Waals surface area (Å²) in [5, 5.41) is 3.59. The first-order valence-corrected chi connectivity index (χ1v) is 12.3. The molecule has 1 aliphatic carbocycles. The number of unbranched alkanes of at least 4 members (excludes halogenated alkanes) is 1. The molecule has 0 bridgehead atoms. The fourth-order valence-corrected chi connectivity index (χ4v) is 4.47. The van der Waals surface area contributed by atoms with Gasteiger partial charge in [-0.15, -0.1) is 0 Å². The highest BCUT2D eigenvalue weighted by Gasteiger charge is 2.25. The topological polar surface area (TPSA) is 94.8 Å². The number of aryl methyl sites for hydroxylation is 1. The van der Waals surface area contributed by atoms with Gasteiger partial charge in [-0.25, -0.2) is 14.4 Å². The lowest BCUT2D eigenvalue weighted by molar-refractivity contribution is -0.136. The number of ether oxygens (including phenoxy) is 2. The Morgan fingerprint density at radius 2 is 1.86 bits per heavy atom. The Morgan fingerprint density at radius 3 is 2.60 bits per heavy atom. The third-order valence-corrected chi connectivity index (χ3v) is 6.42. The van der Waals surface area contributed by atoms with Crippen molar-refractivity contribution in [3.05, 3.63) is 74.6 Å². The maximum Gasteiger partial charge on any atom is 0.408 e. The zero-order valence-electron chi connectivity index (χ0n) is 19.6. The van der Waals surface area contributed by atoms with Gasteiger partial charge in [-0.2, -0.15) is 0 Å². The Morgan fingerprint density at radius 1 is 1.11 bits per heavy atom. The molecule has 1 heterocycles. The van der Waals surface area contributed by atoms with Crippen molar-refractivity contribution in [1.82, 2.24) is 5.32 Å². The van der Waals surface area contributed by atoms with Crippen molar-refractivity contribution in [3.8, 4) is 5.75 Å². The third kappa shape index (κ3) is 6.03. The molecule has 0 radical (unpaired) electrons. The average Bonchev–Trinajstić information content (AvgIpc) is 2.87. The molecule has 184 valence electrons. The Kier molecular flexibility index (Phi) is 8.08. The van der Waals surface area contributed by atoms with E-state index in [0.29, 0.717) is 30.4 Å². The molecule has 0 spiro atoms. The van der Waals surface area contributed by atoms with Crippen LogP contribution in [0.1, 0.15) is 55.7 Å². The van der Waals surface area contributed by atoms with E-state index >= 15 is 0 Å². The molecule has 0 fully saturated rings. The van der Waals surface area contributed by atoms with Gasteiger partial charge in [-0.1, -0.05) is 61.7 Å². The minimum Gasteiger partial charge on any atom is -0.445 e. The summed E-state index contributed by atoms with van der Waals surface area (Å²) < 4.78 is 16.3. The van der Waals surface area contributed by atoms with E-state index in [1.54, 1.807) is 6.07 Å². The predicted molar refractivity (Wildman–Crippen MR) is 133 cm³/mol. The lowest BCUT2D eigenvalue weighted by atomic mass is 9.90. The number of carbonyl (C=O) groups is 2. The summed E-state index contributed by atoms with van der Waals surface area (Å²) in [6, 6.07) is 11.5. The van der Waals surface area contributed by atoms with Gasteiger partial charge in [0.15, 0.2) is 5.75 Å². The van der Waals surface area contributed by atoms with Crippen molar-refractivity contribution in [1.29, 1.82) is 0 Å². The summed E-state index contributed by atoms with van der Waals surface area (Å²) in [6.45, 7) is 2.07. The Hall–Kier alpha value is -3.32. The molecule has 35 heavy (non-hydrogen) atoms. The maximum absolute atomic E-state index is 13.0. The van der Waals surface area contributed by atoms with Crippen LogP contribution in [-0.4, -0.2) is 18.1 Å². The molecule has 0 unspecified atom stereocenters. The number of alkyl carbamates (subject to hydrolysis) is 1. The molecule has 0 saturated heterocycles. The summed E-state index contributed by atoms with van der Waals surface area (Å²) in [5.74, 6) is -0.597. The van der Waals surface area contributed by atoms with E-state index in [1.807, 2.05) is 37.3 Å². The first kappa shape index (κ1) is 24.8. The van der Waals surface area contributed by atoms with Crippen LogP contribution in [0.15, 0.2) is 51.7 Å². The fraction of sp³-hybridized carbons (Fsp3) is 0.370. The highest BCUT2D eigenvalue weighted by Crippen LogP contribution is 2.34. The van der Waals surface area contributed by atoms with Crippen LogP contribution < -0.4 is 15.7 Å². The SMILES string of the molecule is CCCC[C@@H](NC(=O)OCc1ccccc1)C(=O)Oc1cc2oc(=O)c3c(c2cc1Cl)CCCC3. The van der Waals surface area contributed by atoms with E-state index in [-0.39, 0.29) is 23.0 Å². The summed E-state index contributed by atoms with van der Waals surface area (Å²) in [5.41, 5.74) is 2.44. The largest absolute Gasteiger partial charge is 0.445 e. The van der Waals surface area contributed by atoms with Gasteiger partial charge >= 0.3 is 17.7 Å². The Labute approximate surface area is 208 Å². The number of nitrogens with one attached hydrogen (secondary N) is 1. The number of hydrogen-bond acceptors (Lipinski definition) is 6. The van der Waals surface area contributed by atoms with E-state index in [1.165, 1.54) is 6.07 Å². The van der Waals surface area contributed by atoms with Crippen molar-refractivity contribution in [3.63, 3.8) is 0 Å². The molecule has 1 N–H and O–H groups in total. The van der Waals surface area contributed by atoms with Gasteiger partial charge in [0.25, 0.3) is 0 Å². The number of carbonyl (C=O) groups excluding carboxylic acids is 2. The number of amides is 1. The molecular weight excluding hydrogens is 470 g/mol. The van der Waals surface area contributed by atoms with Crippen LogP contribution in [0.2, 0.25) is 5.02 Å². The maximum atomic E-state index is 13.0. The van der Waals surface area contributed by atoms with Crippen molar-refractivity contribution in [2.75, 3.05) is 0 Å². The van der Waals surface area contributed by atoms with Gasteiger partial charge in [-0.05, 0) is 49.3 Å². The van der Waals surface area contributed by atoms with Crippen LogP contribution in [0.4, 0.5) is 4.79 Å². The monoisotopic (exact) mass is 497 g/mol. The summed E-state index contributed by atoms with van der Waals surface area (Å²) in [7, 11) is 0. The highest BCUT2D eigenvalue weighted by atomic mass is 35.5. The van der Waals surface area contributed by atoms with Crippen LogP contribution in [0.3, 0.4) is 0 Å². The first-order valence-electron chi connectivity index (χ1n) is 11.9. The van der Waals surface area contributed by atoms with Gasteiger partial charge in [0.1, 0.15) is 18.2 Å². The predicted octanol–water partition coefficient (Wildman–Crippen LogP) is 5.72. The van der Waals surface area contributed by atoms with E-state index in [9.17, 15) is 14.4 Å². The van der Waals surface area contributed by atoms with Crippen LogP contribution in [0.5, 0.6) is 5.75 Å². The second-order valence-corrected chi connectivity index (χ2v) is 9.06. The number of fused-ring (bicyclic) bond motifs is 3. The highest BCUT2D eigenvalue weighted by molar-refractivity contribution is 6.33. The van der Waals surface area contributed by atoms with Crippen LogP contribution in [0, 0.1) is 0 Å². The fourth-order valence-electron chi connectivity index (χ4n) is 4.27. The van der Waals surface area contributed by atoms with Gasteiger partial charge < -0.3 is 19.2 Å². The second kappa shape index (κ2) is 11.4. The second-order valence-electron chi connectivity index (χ2n) is 8.65. The molecule has 7 nitrogen and oxygen atoms in total. The number of esters is 1. The van der Waals surface area contributed by atoms with Gasteiger partial charge in [-0.3, -0.25) is 0 Å². The van der Waals surface area contributed by atoms with Crippen molar-refractivity contribution in [2.24, 2.45) is 0 Å². The molecular formula is C27H28ClNO6. The molecule has 3 aromatic rings. The van der Waals surface area contributed by atoms with E-state index in [4.69, 9.17) is 25.5 Å². The minimum absolute atomic E-state index is 0.0732. The van der Waals surface area contributed by atoms with Crippen molar-refractivity contribution >= 4 is 34.6 Å². The van der Waals surface area contributed by atoms with Crippen LogP contribution in [-0.2, 0) is 29.0 Å². The van der Waals surface area contributed by atoms with Gasteiger partial charge in [0.2, 0.25) is 0 Å². The molecule has 1 aromatic heterocycles. The first-order chi connectivity index (χ1) is 17.0. The summed E-state index contributed by atoms with van der Waals surface area (Å²) in [6.07, 6.45) is 4.60. The number of rotatable bonds is 8. The molecule has 4 rings (SSSR count). The zero-order chi connectivity index (χ0) is 24.8. The zero-order valence-corrected chi connectivity index (χ0v) is 20.4. The van der Waals surface area contributed by atoms with Gasteiger partial charge in [0.05, 0.1) is 5.02 Å². The summed E-state index contributed by atoms with van der Waals surface area (Å²) >= 11 is 6.45. The quantitative estimate of drug-likeness (QED) is 0.243. The molecule has 0 saturated carbocycles. The van der Waals surface area contributed by atoms with Gasteiger partial charge in [0, 0.05) is 17.0 Å².